The summed E-state index contributed by atoms with van der Waals surface area (Å²) < 4.78 is 11.5. The minimum absolute atomic E-state index is 0.0266. The van der Waals surface area contributed by atoms with Crippen LogP contribution in [0.3, 0.4) is 0 Å². The maximum atomic E-state index is 11.9. The van der Waals surface area contributed by atoms with Crippen molar-refractivity contribution in [1.82, 2.24) is 10.2 Å². The first-order chi connectivity index (χ1) is 8.77. The van der Waals surface area contributed by atoms with E-state index in [0.717, 1.165) is 58.3 Å². The first kappa shape index (κ1) is 12.2. The lowest BCUT2D eigenvalue weighted by molar-refractivity contribution is -0.0217. The van der Waals surface area contributed by atoms with Gasteiger partial charge in [0, 0.05) is 19.5 Å². The molecule has 5 nitrogen and oxygen atoms in total. The van der Waals surface area contributed by atoms with E-state index in [0.29, 0.717) is 6.61 Å². The highest BCUT2D eigenvalue weighted by Crippen LogP contribution is 2.35. The zero-order chi connectivity index (χ0) is 12.4. The Morgan fingerprint density at radius 2 is 2.00 bits per heavy atom. The number of carbonyl (C=O) groups is 1. The number of rotatable bonds is 1. The number of ether oxygens (including phenoxy) is 2. The summed E-state index contributed by atoms with van der Waals surface area (Å²) in [6.45, 7) is 4.28. The average Bonchev–Trinajstić information content (AvgIpc) is 3.01. The summed E-state index contributed by atoms with van der Waals surface area (Å²) in [5.41, 5.74) is -0.0266. The molecule has 5 heteroatoms. The maximum Gasteiger partial charge on any atom is 0.410 e. The molecule has 3 aliphatic rings. The molecule has 18 heavy (non-hydrogen) atoms. The van der Waals surface area contributed by atoms with Crippen molar-refractivity contribution >= 4 is 6.09 Å². The number of hydrogen-bond acceptors (Lipinski definition) is 4. The fourth-order valence-electron chi connectivity index (χ4n) is 3.23. The molecule has 3 fully saturated rings. The van der Waals surface area contributed by atoms with Crippen LogP contribution in [0.1, 0.15) is 32.1 Å². The Morgan fingerprint density at radius 3 is 2.72 bits per heavy atom. The molecule has 0 saturated carbocycles. The molecule has 0 radical (unpaired) electrons. The quantitative estimate of drug-likeness (QED) is 0.762. The number of likely N-dealkylation sites (tertiary alicyclic amines) is 1. The number of hydrogen-bond donors (Lipinski definition) is 1. The highest BCUT2D eigenvalue weighted by atomic mass is 16.6. The molecule has 1 unspecified atom stereocenters. The zero-order valence-electron chi connectivity index (χ0n) is 10.8. The van der Waals surface area contributed by atoms with Crippen LogP contribution in [0.5, 0.6) is 0 Å². The molecule has 0 aromatic heterocycles. The topological polar surface area (TPSA) is 50.8 Å². The molecule has 1 spiro atoms. The van der Waals surface area contributed by atoms with Crippen molar-refractivity contribution in [3.05, 3.63) is 0 Å². The van der Waals surface area contributed by atoms with E-state index in [1.54, 1.807) is 0 Å². The minimum atomic E-state index is -0.146. The highest BCUT2D eigenvalue weighted by molar-refractivity contribution is 5.68. The summed E-state index contributed by atoms with van der Waals surface area (Å²) in [5, 5.41) is 3.34. The third-order valence-electron chi connectivity index (χ3n) is 4.32. The van der Waals surface area contributed by atoms with Gasteiger partial charge in [0.25, 0.3) is 0 Å². The Bertz CT molecular complexity index is 309. The van der Waals surface area contributed by atoms with E-state index in [2.05, 4.69) is 5.32 Å². The normalized spacial score (nSPS) is 30.9. The second-order valence-electron chi connectivity index (χ2n) is 5.65. The van der Waals surface area contributed by atoms with Gasteiger partial charge in [-0.25, -0.2) is 4.79 Å². The molecule has 102 valence electrons. The predicted molar refractivity (Wildman–Crippen MR) is 66.5 cm³/mol. The van der Waals surface area contributed by atoms with Crippen LogP contribution in [0.4, 0.5) is 4.79 Å². The third-order valence-corrected chi connectivity index (χ3v) is 4.32. The van der Waals surface area contributed by atoms with E-state index >= 15 is 0 Å². The van der Waals surface area contributed by atoms with Crippen LogP contribution in [0.25, 0.3) is 0 Å². The molecular formula is C13H22N2O3. The van der Waals surface area contributed by atoms with Gasteiger partial charge in [-0.1, -0.05) is 0 Å². The van der Waals surface area contributed by atoms with Crippen LogP contribution in [0.2, 0.25) is 0 Å². The van der Waals surface area contributed by atoms with Gasteiger partial charge in [-0.15, -0.1) is 0 Å². The Morgan fingerprint density at radius 1 is 1.28 bits per heavy atom. The second-order valence-corrected chi connectivity index (χ2v) is 5.65. The van der Waals surface area contributed by atoms with Crippen LogP contribution >= 0.6 is 0 Å². The number of carbonyl (C=O) groups excluding carboxylic acids is 1. The molecule has 0 aromatic carbocycles. The van der Waals surface area contributed by atoms with E-state index in [1.165, 1.54) is 0 Å². The summed E-state index contributed by atoms with van der Waals surface area (Å²) >= 11 is 0. The van der Waals surface area contributed by atoms with Gasteiger partial charge in [0.2, 0.25) is 0 Å². The summed E-state index contributed by atoms with van der Waals surface area (Å²) in [6, 6.07) is 0. The lowest BCUT2D eigenvalue weighted by atomic mass is 9.89. The van der Waals surface area contributed by atoms with E-state index in [-0.39, 0.29) is 17.8 Å². The molecule has 1 N–H and O–H groups in total. The molecule has 0 bridgehead atoms. The summed E-state index contributed by atoms with van der Waals surface area (Å²) in [4.78, 5) is 13.7. The van der Waals surface area contributed by atoms with Gasteiger partial charge >= 0.3 is 6.09 Å². The van der Waals surface area contributed by atoms with E-state index in [1.807, 2.05) is 4.90 Å². The van der Waals surface area contributed by atoms with Gasteiger partial charge in [0.15, 0.2) is 0 Å². The number of amides is 1. The van der Waals surface area contributed by atoms with Crippen LogP contribution in [-0.2, 0) is 9.47 Å². The van der Waals surface area contributed by atoms with Crippen LogP contribution in [0.15, 0.2) is 0 Å². The number of nitrogens with zero attached hydrogens (tertiary/aromatic N) is 1. The average molecular weight is 254 g/mol. The SMILES string of the molecule is O=C(OC1COC2(CCNCC2)C1)N1CCCC1. The molecule has 3 aliphatic heterocycles. The molecule has 3 heterocycles. The molecule has 0 aromatic rings. The van der Waals surface area contributed by atoms with Crippen molar-refractivity contribution in [3.8, 4) is 0 Å². The van der Waals surface area contributed by atoms with Crippen molar-refractivity contribution in [2.24, 2.45) is 0 Å². The van der Waals surface area contributed by atoms with Gasteiger partial charge in [0.05, 0.1) is 12.2 Å². The number of piperidine rings is 1. The van der Waals surface area contributed by atoms with Crippen molar-refractivity contribution in [2.75, 3.05) is 32.8 Å². The second kappa shape index (κ2) is 5.05. The first-order valence-electron chi connectivity index (χ1n) is 7.08. The monoisotopic (exact) mass is 254 g/mol. The maximum absolute atomic E-state index is 11.9. The standard InChI is InChI=1S/C13H22N2O3/c16-12(15-7-1-2-8-15)18-11-9-13(17-10-11)3-5-14-6-4-13/h11,14H,1-10H2. The Labute approximate surface area is 108 Å². The lowest BCUT2D eigenvalue weighted by Crippen LogP contribution is -2.42. The van der Waals surface area contributed by atoms with Crippen molar-refractivity contribution < 1.29 is 14.3 Å². The summed E-state index contributed by atoms with van der Waals surface area (Å²) in [7, 11) is 0. The molecule has 1 amide bonds. The van der Waals surface area contributed by atoms with Crippen molar-refractivity contribution in [3.63, 3.8) is 0 Å². The fourth-order valence-corrected chi connectivity index (χ4v) is 3.23. The van der Waals surface area contributed by atoms with Gasteiger partial charge in [0.1, 0.15) is 6.10 Å². The molecule has 1 atom stereocenters. The van der Waals surface area contributed by atoms with Gasteiger partial charge in [-0.3, -0.25) is 0 Å². The van der Waals surface area contributed by atoms with E-state index < -0.39 is 0 Å². The van der Waals surface area contributed by atoms with Gasteiger partial charge in [-0.2, -0.15) is 0 Å². The van der Waals surface area contributed by atoms with Crippen LogP contribution in [-0.4, -0.2) is 55.5 Å². The Kier molecular flexibility index (Phi) is 3.43. The van der Waals surface area contributed by atoms with Crippen molar-refractivity contribution in [1.29, 1.82) is 0 Å². The summed E-state index contributed by atoms with van der Waals surface area (Å²) in [6.07, 6.45) is 4.95. The summed E-state index contributed by atoms with van der Waals surface area (Å²) in [5.74, 6) is 0. The predicted octanol–water partition coefficient (Wildman–Crippen LogP) is 1.13. The van der Waals surface area contributed by atoms with Crippen molar-refractivity contribution in [2.45, 2.75) is 43.8 Å². The van der Waals surface area contributed by atoms with E-state index in [9.17, 15) is 4.79 Å². The first-order valence-corrected chi connectivity index (χ1v) is 7.08. The lowest BCUT2D eigenvalue weighted by Gasteiger charge is -2.32. The van der Waals surface area contributed by atoms with Crippen LogP contribution < -0.4 is 5.32 Å². The molecule has 3 saturated heterocycles. The number of nitrogens with one attached hydrogen (secondary N) is 1. The van der Waals surface area contributed by atoms with Gasteiger partial charge in [-0.05, 0) is 38.8 Å². The Hall–Kier alpha value is -0.810. The minimum Gasteiger partial charge on any atom is -0.444 e. The highest BCUT2D eigenvalue weighted by Gasteiger charge is 2.43. The van der Waals surface area contributed by atoms with Gasteiger partial charge < -0.3 is 19.7 Å². The zero-order valence-corrected chi connectivity index (χ0v) is 10.8. The molecule has 3 rings (SSSR count). The third kappa shape index (κ3) is 2.47. The molecule has 0 aliphatic carbocycles. The smallest absolute Gasteiger partial charge is 0.410 e. The van der Waals surface area contributed by atoms with E-state index in [4.69, 9.17) is 9.47 Å². The fraction of sp³-hybridized carbons (Fsp3) is 0.923. The van der Waals surface area contributed by atoms with Crippen LogP contribution in [0, 0.1) is 0 Å². The Balaban J connectivity index is 1.51. The molecular weight excluding hydrogens is 232 g/mol. The largest absolute Gasteiger partial charge is 0.444 e.